The van der Waals surface area contributed by atoms with Gasteiger partial charge in [-0.1, -0.05) is 23.4 Å². The van der Waals surface area contributed by atoms with Gasteiger partial charge in [0.1, 0.15) is 6.33 Å². The van der Waals surface area contributed by atoms with Crippen molar-refractivity contribution in [1.29, 1.82) is 0 Å². The van der Waals surface area contributed by atoms with Gasteiger partial charge in [0, 0.05) is 29.0 Å². The number of hydrogen-bond acceptors (Lipinski definition) is 5. The van der Waals surface area contributed by atoms with Crippen molar-refractivity contribution in [2.24, 2.45) is 7.05 Å². The van der Waals surface area contributed by atoms with Crippen LogP contribution in [0.3, 0.4) is 0 Å². The molecular formula is C18H16ClN5O2S. The highest BCUT2D eigenvalue weighted by atomic mass is 35.5. The van der Waals surface area contributed by atoms with Crippen LogP contribution in [0.25, 0.3) is 0 Å². The van der Waals surface area contributed by atoms with Gasteiger partial charge in [0.15, 0.2) is 5.16 Å². The van der Waals surface area contributed by atoms with E-state index in [1.807, 2.05) is 7.05 Å². The Bertz CT molecular complexity index is 941. The summed E-state index contributed by atoms with van der Waals surface area (Å²) in [4.78, 5) is 24.3. The molecule has 0 unspecified atom stereocenters. The molecule has 0 saturated heterocycles. The minimum absolute atomic E-state index is 0.165. The molecule has 27 heavy (non-hydrogen) atoms. The summed E-state index contributed by atoms with van der Waals surface area (Å²) in [6.07, 6.45) is 1.58. The molecule has 2 N–H and O–H groups in total. The van der Waals surface area contributed by atoms with Crippen LogP contribution in [0.1, 0.15) is 10.4 Å². The van der Waals surface area contributed by atoms with Gasteiger partial charge < -0.3 is 15.2 Å². The molecule has 0 atom stereocenters. The maximum Gasteiger partial charge on any atom is 0.255 e. The molecule has 0 aliphatic carbocycles. The van der Waals surface area contributed by atoms with Gasteiger partial charge in [0.05, 0.1) is 5.75 Å². The summed E-state index contributed by atoms with van der Waals surface area (Å²) < 4.78 is 1.74. The van der Waals surface area contributed by atoms with E-state index in [9.17, 15) is 9.59 Å². The molecule has 0 radical (unpaired) electrons. The van der Waals surface area contributed by atoms with Crippen LogP contribution in [0.15, 0.2) is 60.0 Å². The third kappa shape index (κ3) is 5.32. The number of halogens is 1. The van der Waals surface area contributed by atoms with Crippen molar-refractivity contribution < 1.29 is 9.59 Å². The molecule has 7 nitrogen and oxygen atoms in total. The van der Waals surface area contributed by atoms with Crippen LogP contribution in [0.4, 0.5) is 11.4 Å². The first-order valence-corrected chi connectivity index (χ1v) is 9.31. The highest BCUT2D eigenvalue weighted by molar-refractivity contribution is 7.99. The molecule has 138 valence electrons. The van der Waals surface area contributed by atoms with E-state index in [1.165, 1.54) is 11.8 Å². The number of carbonyl (C=O) groups is 2. The van der Waals surface area contributed by atoms with Crippen molar-refractivity contribution in [1.82, 2.24) is 14.8 Å². The number of hydrogen-bond donors (Lipinski definition) is 2. The minimum atomic E-state index is -0.243. The Hall–Kier alpha value is -2.84. The van der Waals surface area contributed by atoms with Crippen molar-refractivity contribution in [2.45, 2.75) is 5.16 Å². The number of aromatic nitrogens is 3. The number of rotatable bonds is 6. The zero-order chi connectivity index (χ0) is 19.2. The van der Waals surface area contributed by atoms with Gasteiger partial charge in [-0.25, -0.2) is 0 Å². The summed E-state index contributed by atoms with van der Waals surface area (Å²) in [5, 5.41) is 14.5. The molecule has 1 heterocycles. The summed E-state index contributed by atoms with van der Waals surface area (Å²) in [5.41, 5.74) is 1.75. The minimum Gasteiger partial charge on any atom is -0.325 e. The number of carbonyl (C=O) groups excluding carboxylic acids is 2. The molecule has 9 heteroatoms. The maximum atomic E-state index is 12.2. The van der Waals surface area contributed by atoms with E-state index < -0.39 is 0 Å². The van der Waals surface area contributed by atoms with E-state index in [0.29, 0.717) is 27.1 Å². The van der Waals surface area contributed by atoms with Crippen molar-refractivity contribution in [3.05, 3.63) is 65.4 Å². The van der Waals surface area contributed by atoms with Crippen LogP contribution in [-0.4, -0.2) is 32.3 Å². The average molecular weight is 402 g/mol. The molecule has 0 fully saturated rings. The molecule has 0 saturated carbocycles. The van der Waals surface area contributed by atoms with E-state index in [-0.39, 0.29) is 17.6 Å². The zero-order valence-corrected chi connectivity index (χ0v) is 15.9. The van der Waals surface area contributed by atoms with E-state index in [1.54, 1.807) is 59.4 Å². The van der Waals surface area contributed by atoms with Crippen molar-refractivity contribution in [3.8, 4) is 0 Å². The summed E-state index contributed by atoms with van der Waals surface area (Å²) in [6, 6.07) is 13.5. The van der Waals surface area contributed by atoms with Crippen LogP contribution in [0.5, 0.6) is 0 Å². The van der Waals surface area contributed by atoms with Crippen LogP contribution >= 0.6 is 23.4 Å². The molecule has 0 aliphatic rings. The van der Waals surface area contributed by atoms with Crippen LogP contribution in [0, 0.1) is 0 Å². The molecular weight excluding hydrogens is 386 g/mol. The van der Waals surface area contributed by atoms with Crippen molar-refractivity contribution in [3.63, 3.8) is 0 Å². The van der Waals surface area contributed by atoms with E-state index in [0.717, 1.165) is 0 Å². The topological polar surface area (TPSA) is 88.9 Å². The molecule has 2 aromatic carbocycles. The monoisotopic (exact) mass is 401 g/mol. The lowest BCUT2D eigenvalue weighted by Crippen LogP contribution is -2.15. The van der Waals surface area contributed by atoms with Gasteiger partial charge in [0.2, 0.25) is 5.91 Å². The average Bonchev–Trinajstić information content (AvgIpc) is 3.07. The quantitative estimate of drug-likeness (QED) is 0.617. The smallest absolute Gasteiger partial charge is 0.255 e. The lowest BCUT2D eigenvalue weighted by atomic mass is 10.2. The Balaban J connectivity index is 1.53. The second kappa shape index (κ2) is 8.70. The number of anilines is 2. The Morgan fingerprint density at radius 2 is 1.67 bits per heavy atom. The van der Waals surface area contributed by atoms with Gasteiger partial charge in [-0.2, -0.15) is 0 Å². The highest BCUT2D eigenvalue weighted by Crippen LogP contribution is 2.17. The second-order valence-corrected chi connectivity index (χ2v) is 6.98. The first-order valence-electron chi connectivity index (χ1n) is 7.95. The SMILES string of the molecule is Cn1cnnc1SCC(=O)Nc1ccc(C(=O)Nc2ccc(Cl)cc2)cc1. The van der Waals surface area contributed by atoms with Crippen LogP contribution < -0.4 is 10.6 Å². The number of aryl methyl sites for hydroxylation is 1. The molecule has 3 rings (SSSR count). The first kappa shape index (κ1) is 18.9. The summed E-state index contributed by atoms with van der Waals surface area (Å²) in [5.74, 6) is -0.194. The van der Waals surface area contributed by atoms with E-state index in [4.69, 9.17) is 11.6 Å². The molecule has 0 spiro atoms. The maximum absolute atomic E-state index is 12.2. The highest BCUT2D eigenvalue weighted by Gasteiger charge is 2.09. The van der Waals surface area contributed by atoms with Crippen LogP contribution in [0.2, 0.25) is 5.02 Å². The van der Waals surface area contributed by atoms with Gasteiger partial charge in [-0.3, -0.25) is 9.59 Å². The number of nitrogens with one attached hydrogen (secondary N) is 2. The Morgan fingerprint density at radius 3 is 2.30 bits per heavy atom. The Labute approximate surface area is 165 Å². The third-order valence-electron chi connectivity index (χ3n) is 3.54. The molecule has 0 aliphatic heterocycles. The predicted molar refractivity (Wildman–Crippen MR) is 106 cm³/mol. The van der Waals surface area contributed by atoms with Gasteiger partial charge >= 0.3 is 0 Å². The summed E-state index contributed by atoms with van der Waals surface area (Å²) in [7, 11) is 1.81. The zero-order valence-electron chi connectivity index (χ0n) is 14.3. The number of benzene rings is 2. The largest absolute Gasteiger partial charge is 0.325 e. The van der Waals surface area contributed by atoms with E-state index >= 15 is 0 Å². The fraction of sp³-hybridized carbons (Fsp3) is 0.111. The lowest BCUT2D eigenvalue weighted by Gasteiger charge is -2.08. The Kier molecular flexibility index (Phi) is 6.10. The van der Waals surface area contributed by atoms with Gasteiger partial charge in [-0.15, -0.1) is 10.2 Å². The number of amides is 2. The summed E-state index contributed by atoms with van der Waals surface area (Å²) in [6.45, 7) is 0. The predicted octanol–water partition coefficient (Wildman–Crippen LogP) is 3.45. The summed E-state index contributed by atoms with van der Waals surface area (Å²) >= 11 is 7.12. The number of nitrogens with zero attached hydrogens (tertiary/aromatic N) is 3. The van der Waals surface area contributed by atoms with Crippen molar-refractivity contribution >= 4 is 46.6 Å². The second-order valence-electron chi connectivity index (χ2n) is 5.60. The molecule has 1 aromatic heterocycles. The van der Waals surface area contributed by atoms with Gasteiger partial charge in [0.25, 0.3) is 5.91 Å². The Morgan fingerprint density at radius 1 is 1.04 bits per heavy atom. The normalized spacial score (nSPS) is 10.4. The fourth-order valence-electron chi connectivity index (χ4n) is 2.17. The molecule has 2 amide bonds. The van der Waals surface area contributed by atoms with E-state index in [2.05, 4.69) is 20.8 Å². The number of thioether (sulfide) groups is 1. The van der Waals surface area contributed by atoms with Gasteiger partial charge in [-0.05, 0) is 48.5 Å². The molecule has 3 aromatic rings. The molecule has 0 bridgehead atoms. The standard InChI is InChI=1S/C18H16ClN5O2S/c1-24-11-20-23-18(24)27-10-16(25)21-14-6-2-12(3-7-14)17(26)22-15-8-4-13(19)5-9-15/h2-9,11H,10H2,1H3,(H,21,25)(H,22,26). The fourth-order valence-corrected chi connectivity index (χ4v) is 2.99. The van der Waals surface area contributed by atoms with Crippen molar-refractivity contribution in [2.75, 3.05) is 16.4 Å². The third-order valence-corrected chi connectivity index (χ3v) is 4.82. The first-order chi connectivity index (χ1) is 13.0. The lowest BCUT2D eigenvalue weighted by molar-refractivity contribution is -0.113. The van der Waals surface area contributed by atoms with Crippen LogP contribution in [-0.2, 0) is 11.8 Å².